The molecule has 0 bridgehead atoms. The van der Waals surface area contributed by atoms with Gasteiger partial charge in [0, 0.05) is 49.9 Å². The number of carbonyl (C=O) groups is 3. The molecule has 2 heterocycles. The summed E-state index contributed by atoms with van der Waals surface area (Å²) in [5.41, 5.74) is 2.86. The van der Waals surface area contributed by atoms with Crippen molar-refractivity contribution in [3.8, 4) is 0 Å². The lowest BCUT2D eigenvalue weighted by Crippen LogP contribution is -2.56. The molecule has 0 radical (unpaired) electrons. The van der Waals surface area contributed by atoms with Crippen LogP contribution in [0.5, 0.6) is 0 Å². The Bertz CT molecular complexity index is 883. The summed E-state index contributed by atoms with van der Waals surface area (Å²) in [6.07, 6.45) is 1.74. The quantitative estimate of drug-likeness (QED) is 0.428. The van der Waals surface area contributed by atoms with Crippen LogP contribution < -0.4 is 10.4 Å². The van der Waals surface area contributed by atoms with Crippen molar-refractivity contribution in [2.45, 2.75) is 44.2 Å². The Hall–Kier alpha value is -2.85. The summed E-state index contributed by atoms with van der Waals surface area (Å²) >= 11 is 0. The van der Waals surface area contributed by atoms with Crippen molar-refractivity contribution in [1.29, 1.82) is 0 Å². The number of hydrogen-bond acceptors (Lipinski definition) is 6. The Labute approximate surface area is 206 Å². The number of para-hydroxylation sites is 1. The Kier molecular flexibility index (Phi) is 8.12. The van der Waals surface area contributed by atoms with E-state index in [1.54, 1.807) is 5.48 Å². The molecule has 2 saturated heterocycles. The van der Waals surface area contributed by atoms with Gasteiger partial charge in [-0.1, -0.05) is 18.2 Å². The van der Waals surface area contributed by atoms with Crippen LogP contribution in [-0.4, -0.2) is 101 Å². The first-order chi connectivity index (χ1) is 16.9. The van der Waals surface area contributed by atoms with Crippen LogP contribution in [0, 0.1) is 11.8 Å². The summed E-state index contributed by atoms with van der Waals surface area (Å²) < 4.78 is 0. The van der Waals surface area contributed by atoms with Gasteiger partial charge in [0.25, 0.3) is 0 Å². The fourth-order valence-corrected chi connectivity index (χ4v) is 6.01. The first-order valence-corrected chi connectivity index (χ1v) is 12.6. The second kappa shape index (κ2) is 11.3. The van der Waals surface area contributed by atoms with Crippen LogP contribution in [0.2, 0.25) is 0 Å². The summed E-state index contributed by atoms with van der Waals surface area (Å²) in [7, 11) is 2.03. The number of anilines is 1. The topological polar surface area (TPSA) is 117 Å². The lowest BCUT2D eigenvalue weighted by molar-refractivity contribution is -0.148. The standard InChI is InChI=1S/C25H37N5O5/c1-27-11-9-19(10-12-27)30(25(33)34)20-7-8-21(22(17-20)23(31)26-35)24(32)29-15-13-28(14-16-29)18-5-3-2-4-6-18/h2-6,19-22,35H,7-17H2,1H3,(H,26,31)(H,33,34)/t20-,21+,22+/m1/s1. The first-order valence-electron chi connectivity index (χ1n) is 12.6. The number of nitrogens with one attached hydrogen (secondary N) is 1. The van der Waals surface area contributed by atoms with Crippen molar-refractivity contribution in [2.24, 2.45) is 11.8 Å². The van der Waals surface area contributed by atoms with Crippen molar-refractivity contribution in [3.05, 3.63) is 30.3 Å². The molecule has 192 valence electrons. The van der Waals surface area contributed by atoms with Gasteiger partial charge in [0.1, 0.15) is 0 Å². The Balaban J connectivity index is 1.42. The van der Waals surface area contributed by atoms with Gasteiger partial charge in [0.2, 0.25) is 11.8 Å². The number of likely N-dealkylation sites (tertiary alicyclic amines) is 1. The molecule has 0 unspecified atom stereocenters. The number of piperidine rings is 1. The predicted octanol–water partition coefficient (Wildman–Crippen LogP) is 1.70. The molecule has 1 aromatic rings. The molecule has 0 aromatic heterocycles. The largest absolute Gasteiger partial charge is 0.465 e. The van der Waals surface area contributed by atoms with Gasteiger partial charge in [-0.2, -0.15) is 0 Å². The van der Waals surface area contributed by atoms with E-state index in [1.807, 2.05) is 30.1 Å². The summed E-state index contributed by atoms with van der Waals surface area (Å²) in [4.78, 5) is 46.1. The highest BCUT2D eigenvalue weighted by Crippen LogP contribution is 2.36. The zero-order chi connectivity index (χ0) is 24.9. The van der Waals surface area contributed by atoms with Gasteiger partial charge in [-0.3, -0.25) is 14.8 Å². The fraction of sp³-hybridized carbons (Fsp3) is 0.640. The third kappa shape index (κ3) is 5.70. The van der Waals surface area contributed by atoms with Gasteiger partial charge in [-0.25, -0.2) is 10.3 Å². The molecule has 35 heavy (non-hydrogen) atoms. The molecule has 2 aliphatic heterocycles. The van der Waals surface area contributed by atoms with E-state index in [1.165, 1.54) is 4.90 Å². The van der Waals surface area contributed by atoms with E-state index < -0.39 is 23.8 Å². The van der Waals surface area contributed by atoms with E-state index in [2.05, 4.69) is 21.9 Å². The van der Waals surface area contributed by atoms with Crippen LogP contribution in [0.3, 0.4) is 0 Å². The van der Waals surface area contributed by atoms with Crippen LogP contribution in [0.1, 0.15) is 32.1 Å². The highest BCUT2D eigenvalue weighted by Gasteiger charge is 2.45. The number of nitrogens with zero attached hydrogens (tertiary/aromatic N) is 4. The molecular weight excluding hydrogens is 450 g/mol. The second-order valence-corrected chi connectivity index (χ2v) is 10.0. The molecule has 10 nitrogen and oxygen atoms in total. The molecule has 3 N–H and O–H groups in total. The number of amides is 3. The number of rotatable bonds is 5. The van der Waals surface area contributed by atoms with Gasteiger partial charge in [-0.05, 0) is 64.4 Å². The molecule has 1 aromatic carbocycles. The highest BCUT2D eigenvalue weighted by atomic mass is 16.5. The number of carboxylic acid groups (broad SMARTS) is 1. The number of hydrogen-bond donors (Lipinski definition) is 3. The van der Waals surface area contributed by atoms with Crippen LogP contribution in [0.25, 0.3) is 0 Å². The molecule has 1 saturated carbocycles. The molecule has 0 spiro atoms. The van der Waals surface area contributed by atoms with E-state index in [0.717, 1.165) is 31.6 Å². The van der Waals surface area contributed by atoms with E-state index in [0.29, 0.717) is 39.0 Å². The summed E-state index contributed by atoms with van der Waals surface area (Å²) in [6.45, 7) is 4.22. The minimum absolute atomic E-state index is 0.0778. The van der Waals surface area contributed by atoms with Crippen molar-refractivity contribution in [2.75, 3.05) is 51.2 Å². The Morgan fingerprint density at radius 1 is 0.886 bits per heavy atom. The Morgan fingerprint density at radius 3 is 2.14 bits per heavy atom. The normalized spacial score (nSPS) is 26.3. The molecule has 4 rings (SSSR count). The van der Waals surface area contributed by atoms with Crippen LogP contribution in [-0.2, 0) is 9.59 Å². The molecule has 1 aliphatic carbocycles. The third-order valence-corrected chi connectivity index (χ3v) is 8.00. The van der Waals surface area contributed by atoms with E-state index >= 15 is 0 Å². The highest BCUT2D eigenvalue weighted by molar-refractivity contribution is 5.87. The molecule has 10 heteroatoms. The van der Waals surface area contributed by atoms with Gasteiger partial charge < -0.3 is 24.7 Å². The van der Waals surface area contributed by atoms with Gasteiger partial charge in [-0.15, -0.1) is 0 Å². The number of benzene rings is 1. The molecule has 3 fully saturated rings. The maximum Gasteiger partial charge on any atom is 0.407 e. The van der Waals surface area contributed by atoms with E-state index in [9.17, 15) is 24.7 Å². The van der Waals surface area contributed by atoms with Crippen LogP contribution in [0.4, 0.5) is 10.5 Å². The smallest absolute Gasteiger partial charge is 0.407 e. The monoisotopic (exact) mass is 487 g/mol. The minimum Gasteiger partial charge on any atom is -0.465 e. The first kappa shape index (κ1) is 25.2. The SMILES string of the molecule is CN1CCC(N(C(=O)O)[C@@H]2CC[C@H](C(=O)N3CCN(c4ccccc4)CC3)[C@@H](C(=O)NO)C2)CC1. The maximum absolute atomic E-state index is 13.5. The lowest BCUT2D eigenvalue weighted by Gasteiger charge is -2.45. The number of hydroxylamine groups is 1. The summed E-state index contributed by atoms with van der Waals surface area (Å²) in [6, 6.07) is 9.64. The summed E-state index contributed by atoms with van der Waals surface area (Å²) in [5.74, 6) is -2.00. The van der Waals surface area contributed by atoms with Crippen molar-refractivity contribution >= 4 is 23.6 Å². The van der Waals surface area contributed by atoms with Crippen molar-refractivity contribution < 1.29 is 24.7 Å². The van der Waals surface area contributed by atoms with E-state index in [-0.39, 0.29) is 24.4 Å². The molecule has 3 atom stereocenters. The zero-order valence-electron chi connectivity index (χ0n) is 20.4. The third-order valence-electron chi connectivity index (χ3n) is 8.00. The number of piperazine rings is 1. The van der Waals surface area contributed by atoms with Crippen LogP contribution in [0.15, 0.2) is 30.3 Å². The summed E-state index contributed by atoms with van der Waals surface area (Å²) in [5, 5.41) is 19.4. The van der Waals surface area contributed by atoms with Gasteiger partial charge >= 0.3 is 6.09 Å². The van der Waals surface area contributed by atoms with E-state index in [4.69, 9.17) is 0 Å². The number of carbonyl (C=O) groups excluding carboxylic acids is 2. The average molecular weight is 488 g/mol. The van der Waals surface area contributed by atoms with Crippen molar-refractivity contribution in [1.82, 2.24) is 20.2 Å². The lowest BCUT2D eigenvalue weighted by atomic mass is 9.74. The predicted molar refractivity (Wildman–Crippen MR) is 130 cm³/mol. The zero-order valence-corrected chi connectivity index (χ0v) is 20.4. The maximum atomic E-state index is 13.5. The second-order valence-electron chi connectivity index (χ2n) is 10.0. The minimum atomic E-state index is -0.977. The molecule has 3 amide bonds. The van der Waals surface area contributed by atoms with Crippen molar-refractivity contribution in [3.63, 3.8) is 0 Å². The van der Waals surface area contributed by atoms with Crippen LogP contribution >= 0.6 is 0 Å². The molecule has 3 aliphatic rings. The molecular formula is C25H37N5O5. The van der Waals surface area contributed by atoms with Gasteiger partial charge in [0.15, 0.2) is 0 Å². The Morgan fingerprint density at radius 2 is 1.54 bits per heavy atom. The fourth-order valence-electron chi connectivity index (χ4n) is 6.01. The van der Waals surface area contributed by atoms with Gasteiger partial charge in [0.05, 0.1) is 5.92 Å². The average Bonchev–Trinajstić information content (AvgIpc) is 2.89.